The standard InChI is InChI=1S/C32H25N3O2S/c1-19-34-30(18-38-19)31-17-29(35-37-31)32(36)21-15-26-24-11-10-20-7-4-5-8-22(20)23(24)12-13-25(26)27(16-21)28-9-3-2-6-14-33-28/h2-9,11-15,17-18,21,27,33H,10,16H2,1H3. The summed E-state index contributed by atoms with van der Waals surface area (Å²) < 4.78 is 5.55. The molecule has 7 rings (SSSR count). The number of ketones is 1. The number of aryl methyl sites for hydroxylation is 1. The van der Waals surface area contributed by atoms with Gasteiger partial charge in [-0.3, -0.25) is 4.79 Å². The van der Waals surface area contributed by atoms with Crippen LogP contribution < -0.4 is 15.8 Å². The van der Waals surface area contributed by atoms with Gasteiger partial charge in [-0.05, 0) is 64.6 Å². The fourth-order valence-electron chi connectivity index (χ4n) is 5.77. The molecule has 186 valence electrons. The number of allylic oxidation sites excluding steroid dienone is 5. The number of hydrogen-bond acceptors (Lipinski definition) is 6. The van der Waals surface area contributed by atoms with Crippen molar-refractivity contribution in [1.82, 2.24) is 15.5 Å². The molecule has 38 heavy (non-hydrogen) atoms. The van der Waals surface area contributed by atoms with Crippen LogP contribution in [0.5, 0.6) is 0 Å². The number of nitrogens with zero attached hydrogens (tertiary/aromatic N) is 2. The van der Waals surface area contributed by atoms with Crippen LogP contribution in [0.2, 0.25) is 0 Å². The maximum atomic E-state index is 13.9. The molecule has 6 heteroatoms. The zero-order valence-corrected chi connectivity index (χ0v) is 21.7. The molecule has 0 saturated carbocycles. The van der Waals surface area contributed by atoms with Gasteiger partial charge in [0.2, 0.25) is 0 Å². The SMILES string of the molecule is Cc1nc(-c2cc(C(=O)C3C=c4c(ccc5c4=CCc4ccccc4-5)C(C4=CC=CC=CN4)C3)no2)cs1. The van der Waals surface area contributed by atoms with Crippen LogP contribution in [0.3, 0.4) is 0 Å². The summed E-state index contributed by atoms with van der Waals surface area (Å²) in [7, 11) is 0. The average Bonchev–Trinajstić information content (AvgIpc) is 3.53. The van der Waals surface area contributed by atoms with Gasteiger partial charge in [0.15, 0.2) is 17.2 Å². The van der Waals surface area contributed by atoms with E-state index in [9.17, 15) is 4.79 Å². The Hall–Kier alpha value is -4.29. The Bertz CT molecular complexity index is 1800. The molecule has 0 amide bonds. The predicted molar refractivity (Wildman–Crippen MR) is 151 cm³/mol. The van der Waals surface area contributed by atoms with Crippen molar-refractivity contribution in [3.63, 3.8) is 0 Å². The van der Waals surface area contributed by atoms with Crippen LogP contribution >= 0.6 is 11.3 Å². The summed E-state index contributed by atoms with van der Waals surface area (Å²) in [5, 5.41) is 12.8. The molecular formula is C32H25N3O2S. The molecule has 0 bridgehead atoms. The van der Waals surface area contributed by atoms with Gasteiger partial charge in [-0.1, -0.05) is 65.9 Å². The molecule has 2 unspecified atom stereocenters. The second-order valence-electron chi connectivity index (χ2n) is 9.86. The zero-order chi connectivity index (χ0) is 25.6. The molecule has 1 N–H and O–H groups in total. The number of rotatable bonds is 4. The van der Waals surface area contributed by atoms with Gasteiger partial charge in [0.05, 0.1) is 5.01 Å². The number of aromatic nitrogens is 2. The fourth-order valence-corrected chi connectivity index (χ4v) is 6.37. The highest BCUT2D eigenvalue weighted by Crippen LogP contribution is 2.35. The molecule has 4 aromatic rings. The molecule has 0 saturated heterocycles. The molecule has 3 heterocycles. The highest BCUT2D eigenvalue weighted by Gasteiger charge is 2.32. The van der Waals surface area contributed by atoms with E-state index in [-0.39, 0.29) is 17.6 Å². The lowest BCUT2D eigenvalue weighted by Crippen LogP contribution is -2.40. The van der Waals surface area contributed by atoms with Crippen molar-refractivity contribution in [2.24, 2.45) is 5.92 Å². The number of carbonyl (C=O) groups is 1. The van der Waals surface area contributed by atoms with Gasteiger partial charge in [0, 0.05) is 35.2 Å². The number of thiazole rings is 1. The van der Waals surface area contributed by atoms with E-state index < -0.39 is 0 Å². The van der Waals surface area contributed by atoms with E-state index in [1.54, 1.807) is 17.4 Å². The van der Waals surface area contributed by atoms with Gasteiger partial charge in [-0.25, -0.2) is 4.98 Å². The van der Waals surface area contributed by atoms with Gasteiger partial charge >= 0.3 is 0 Å². The first-order chi connectivity index (χ1) is 18.7. The van der Waals surface area contributed by atoms with E-state index in [2.05, 4.69) is 70.1 Å². The van der Waals surface area contributed by atoms with E-state index in [0.717, 1.165) is 22.3 Å². The smallest absolute Gasteiger partial charge is 0.191 e. The molecule has 2 aromatic heterocycles. The lowest BCUT2D eigenvalue weighted by atomic mass is 9.76. The van der Waals surface area contributed by atoms with E-state index >= 15 is 0 Å². The number of fused-ring (bicyclic) bond motifs is 5. The van der Waals surface area contributed by atoms with Crippen molar-refractivity contribution in [1.29, 1.82) is 0 Å². The number of Topliss-reactive ketones (excluding diaryl/α,β-unsaturated/α-hetero) is 1. The van der Waals surface area contributed by atoms with Crippen molar-refractivity contribution in [2.45, 2.75) is 25.7 Å². The van der Waals surface area contributed by atoms with Crippen molar-refractivity contribution in [3.05, 3.63) is 116 Å². The number of benzene rings is 2. The molecule has 2 aromatic carbocycles. The van der Waals surface area contributed by atoms with Crippen LogP contribution in [0.1, 0.15) is 39.0 Å². The normalized spacial score (nSPS) is 19.1. The minimum absolute atomic E-state index is 0.0308. The van der Waals surface area contributed by atoms with Gasteiger partial charge in [0.1, 0.15) is 5.69 Å². The van der Waals surface area contributed by atoms with Crippen LogP contribution in [-0.2, 0) is 6.42 Å². The molecular weight excluding hydrogens is 490 g/mol. The zero-order valence-electron chi connectivity index (χ0n) is 20.8. The summed E-state index contributed by atoms with van der Waals surface area (Å²) in [4.78, 5) is 18.4. The quantitative estimate of drug-likeness (QED) is 0.367. The molecule has 0 fully saturated rings. The minimum atomic E-state index is -0.335. The third-order valence-corrected chi connectivity index (χ3v) is 8.35. The van der Waals surface area contributed by atoms with E-state index in [0.29, 0.717) is 23.6 Å². The topological polar surface area (TPSA) is 68.0 Å². The maximum absolute atomic E-state index is 13.9. The van der Waals surface area contributed by atoms with E-state index in [4.69, 9.17) is 4.52 Å². The summed E-state index contributed by atoms with van der Waals surface area (Å²) in [6.07, 6.45) is 16.1. The Morgan fingerprint density at radius 3 is 2.89 bits per heavy atom. The minimum Gasteiger partial charge on any atom is -0.364 e. The van der Waals surface area contributed by atoms with Crippen LogP contribution in [-0.4, -0.2) is 15.9 Å². The van der Waals surface area contributed by atoms with Crippen molar-refractivity contribution >= 4 is 29.3 Å². The van der Waals surface area contributed by atoms with Crippen LogP contribution in [0.15, 0.2) is 88.6 Å². The van der Waals surface area contributed by atoms with E-state index in [1.807, 2.05) is 36.7 Å². The number of carbonyl (C=O) groups excluding carboxylic acids is 1. The average molecular weight is 516 g/mol. The maximum Gasteiger partial charge on any atom is 0.191 e. The highest BCUT2D eigenvalue weighted by atomic mass is 32.1. The Balaban J connectivity index is 1.35. The van der Waals surface area contributed by atoms with Crippen molar-refractivity contribution in [2.75, 3.05) is 0 Å². The van der Waals surface area contributed by atoms with Gasteiger partial charge in [-0.15, -0.1) is 11.3 Å². The van der Waals surface area contributed by atoms with Gasteiger partial charge < -0.3 is 9.84 Å². The van der Waals surface area contributed by atoms with E-state index in [1.165, 1.54) is 27.5 Å². The third-order valence-electron chi connectivity index (χ3n) is 7.58. The molecule has 3 aliphatic rings. The number of hydrogen-bond donors (Lipinski definition) is 1. The summed E-state index contributed by atoms with van der Waals surface area (Å²) in [6.45, 7) is 1.95. The largest absolute Gasteiger partial charge is 0.364 e. The van der Waals surface area contributed by atoms with Crippen LogP contribution in [0.4, 0.5) is 0 Å². The first-order valence-corrected chi connectivity index (χ1v) is 13.7. The lowest BCUT2D eigenvalue weighted by Gasteiger charge is -2.29. The summed E-state index contributed by atoms with van der Waals surface area (Å²) in [6, 6.07) is 14.8. The monoisotopic (exact) mass is 515 g/mol. The van der Waals surface area contributed by atoms with Crippen molar-refractivity contribution < 1.29 is 9.32 Å². The summed E-state index contributed by atoms with van der Waals surface area (Å²) in [5.41, 5.74) is 7.19. The second kappa shape index (κ2) is 9.23. The van der Waals surface area contributed by atoms with Gasteiger partial charge in [0.25, 0.3) is 0 Å². The van der Waals surface area contributed by atoms with Crippen LogP contribution in [0, 0.1) is 12.8 Å². The molecule has 2 aliphatic carbocycles. The van der Waals surface area contributed by atoms with Crippen LogP contribution in [0.25, 0.3) is 34.7 Å². The Kier molecular flexibility index (Phi) is 5.55. The Morgan fingerprint density at radius 2 is 2.00 bits per heavy atom. The molecule has 0 radical (unpaired) electrons. The third kappa shape index (κ3) is 3.89. The highest BCUT2D eigenvalue weighted by molar-refractivity contribution is 7.09. The summed E-state index contributed by atoms with van der Waals surface area (Å²) >= 11 is 1.55. The fraction of sp³-hybridized carbons (Fsp3) is 0.156. The Labute approximate surface area is 224 Å². The summed E-state index contributed by atoms with van der Waals surface area (Å²) in [5.74, 6) is 0.200. The molecule has 5 nitrogen and oxygen atoms in total. The predicted octanol–water partition coefficient (Wildman–Crippen LogP) is 5.43. The molecule has 2 atom stereocenters. The first kappa shape index (κ1) is 22.9. The van der Waals surface area contributed by atoms with Crippen molar-refractivity contribution in [3.8, 4) is 22.6 Å². The Morgan fingerprint density at radius 1 is 1.08 bits per heavy atom. The molecule has 1 aliphatic heterocycles. The van der Waals surface area contributed by atoms with Gasteiger partial charge in [-0.2, -0.15) is 0 Å². The molecule has 0 spiro atoms. The number of nitrogens with one attached hydrogen (secondary N) is 1. The first-order valence-electron chi connectivity index (χ1n) is 12.8. The second-order valence-corrected chi connectivity index (χ2v) is 10.9. The lowest BCUT2D eigenvalue weighted by molar-refractivity contribution is 0.0935.